The molecule has 0 saturated heterocycles. The molecule has 1 atom stereocenters. The highest BCUT2D eigenvalue weighted by molar-refractivity contribution is 6.00. The van der Waals surface area contributed by atoms with E-state index in [2.05, 4.69) is 13.8 Å². The minimum atomic E-state index is -0.416. The van der Waals surface area contributed by atoms with Gasteiger partial charge < -0.3 is 14.7 Å². The highest BCUT2D eigenvalue weighted by Crippen LogP contribution is 2.37. The summed E-state index contributed by atoms with van der Waals surface area (Å²) in [5.41, 5.74) is 0.665. The molecule has 0 aliphatic carbocycles. The molecule has 2 rings (SSSR count). The fraction of sp³-hybridized carbons (Fsp3) is 0.500. The van der Waals surface area contributed by atoms with E-state index in [1.54, 1.807) is 23.1 Å². The fourth-order valence-electron chi connectivity index (χ4n) is 2.12. The Bertz CT molecular complexity index is 456. The molecule has 0 bridgehead atoms. The maximum atomic E-state index is 12.3. The number of phenols is 1. The number of hydrogen-bond donors (Lipinski definition) is 1. The molecule has 98 valence electrons. The summed E-state index contributed by atoms with van der Waals surface area (Å²) < 4.78 is 5.66. The average Bonchev–Trinajstić information content (AvgIpc) is 2.32. The molecule has 0 aromatic heterocycles. The first-order chi connectivity index (χ1) is 8.52. The molecule has 1 N–H and O–H groups in total. The molecule has 1 aromatic carbocycles. The summed E-state index contributed by atoms with van der Waals surface area (Å²) in [7, 11) is 0. The number of carbonyl (C=O) groups excluding carboxylic acids is 1. The van der Waals surface area contributed by atoms with Gasteiger partial charge in [0.15, 0.2) is 6.10 Å². The summed E-state index contributed by atoms with van der Waals surface area (Å²) in [5, 5.41) is 9.56. The van der Waals surface area contributed by atoms with Crippen LogP contribution in [0.3, 0.4) is 0 Å². The highest BCUT2D eigenvalue weighted by Gasteiger charge is 2.33. The second-order valence-corrected chi connectivity index (χ2v) is 5.01. The fourth-order valence-corrected chi connectivity index (χ4v) is 2.12. The van der Waals surface area contributed by atoms with E-state index >= 15 is 0 Å². The van der Waals surface area contributed by atoms with Gasteiger partial charge in [0.2, 0.25) is 0 Å². The molecule has 0 saturated carbocycles. The van der Waals surface area contributed by atoms with Gasteiger partial charge in [-0.3, -0.25) is 4.79 Å². The number of hydrogen-bond acceptors (Lipinski definition) is 3. The lowest BCUT2D eigenvalue weighted by atomic mass is 10.1. The molecule has 4 heteroatoms. The van der Waals surface area contributed by atoms with Crippen LogP contribution in [-0.4, -0.2) is 23.7 Å². The number of nitrogens with zero attached hydrogens (tertiary/aromatic N) is 1. The third kappa shape index (κ3) is 2.28. The molecule has 4 nitrogen and oxygen atoms in total. The largest absolute Gasteiger partial charge is 0.508 e. The molecule has 0 spiro atoms. The highest BCUT2D eigenvalue weighted by atomic mass is 16.5. The van der Waals surface area contributed by atoms with Crippen LogP contribution >= 0.6 is 0 Å². The van der Waals surface area contributed by atoms with Crippen molar-refractivity contribution in [3.05, 3.63) is 18.2 Å². The number of fused-ring (bicyclic) bond motifs is 1. The first-order valence-electron chi connectivity index (χ1n) is 6.34. The lowest BCUT2D eigenvalue weighted by Crippen LogP contribution is -2.47. The van der Waals surface area contributed by atoms with Gasteiger partial charge in [0.25, 0.3) is 5.91 Å². The zero-order chi connectivity index (χ0) is 13.3. The Labute approximate surface area is 107 Å². The van der Waals surface area contributed by atoms with Gasteiger partial charge >= 0.3 is 0 Å². The molecule has 1 aliphatic rings. The van der Waals surface area contributed by atoms with E-state index in [4.69, 9.17) is 4.74 Å². The van der Waals surface area contributed by atoms with Crippen molar-refractivity contribution in [2.75, 3.05) is 11.4 Å². The van der Waals surface area contributed by atoms with Crippen molar-refractivity contribution in [2.24, 2.45) is 5.92 Å². The second kappa shape index (κ2) is 4.88. The van der Waals surface area contributed by atoms with Crippen LogP contribution in [0.25, 0.3) is 0 Å². The lowest BCUT2D eigenvalue weighted by Gasteiger charge is -2.35. The number of phenolic OH excluding ortho intramolecular Hbond substituents is 1. The van der Waals surface area contributed by atoms with Crippen LogP contribution in [-0.2, 0) is 4.79 Å². The summed E-state index contributed by atoms with van der Waals surface area (Å²) in [4.78, 5) is 14.0. The Morgan fingerprint density at radius 3 is 2.78 bits per heavy atom. The van der Waals surface area contributed by atoms with Crippen LogP contribution in [0.1, 0.15) is 27.2 Å². The summed E-state index contributed by atoms with van der Waals surface area (Å²) in [6, 6.07) is 4.88. The van der Waals surface area contributed by atoms with Crippen molar-refractivity contribution >= 4 is 11.6 Å². The van der Waals surface area contributed by atoms with Gasteiger partial charge in [-0.15, -0.1) is 0 Å². The Kier molecular flexibility index (Phi) is 3.45. The number of rotatable bonds is 3. The summed E-state index contributed by atoms with van der Waals surface area (Å²) in [5.74, 6) is 1.15. The molecule has 0 fully saturated rings. The molecule has 18 heavy (non-hydrogen) atoms. The van der Waals surface area contributed by atoms with E-state index in [0.717, 1.165) is 0 Å². The van der Waals surface area contributed by atoms with E-state index in [1.165, 1.54) is 0 Å². The van der Waals surface area contributed by atoms with E-state index < -0.39 is 6.10 Å². The Hall–Kier alpha value is -1.71. The Morgan fingerprint density at radius 2 is 2.17 bits per heavy atom. The molecular weight excluding hydrogens is 230 g/mol. The smallest absolute Gasteiger partial charge is 0.268 e. The van der Waals surface area contributed by atoms with Gasteiger partial charge in [-0.1, -0.05) is 20.8 Å². The first-order valence-corrected chi connectivity index (χ1v) is 6.34. The second-order valence-electron chi connectivity index (χ2n) is 5.01. The Morgan fingerprint density at radius 1 is 1.44 bits per heavy atom. The van der Waals surface area contributed by atoms with Crippen molar-refractivity contribution in [2.45, 2.75) is 33.3 Å². The normalized spacial score (nSPS) is 18.8. The molecular formula is C14H19NO3. The van der Waals surface area contributed by atoms with Gasteiger partial charge in [0.1, 0.15) is 11.5 Å². The van der Waals surface area contributed by atoms with Gasteiger partial charge in [-0.25, -0.2) is 0 Å². The maximum Gasteiger partial charge on any atom is 0.268 e. The van der Waals surface area contributed by atoms with Crippen LogP contribution in [0.5, 0.6) is 11.5 Å². The molecule has 1 aliphatic heterocycles. The van der Waals surface area contributed by atoms with Crippen LogP contribution in [0.2, 0.25) is 0 Å². The van der Waals surface area contributed by atoms with Gasteiger partial charge in [-0.2, -0.15) is 0 Å². The van der Waals surface area contributed by atoms with Crippen molar-refractivity contribution in [3.63, 3.8) is 0 Å². The average molecular weight is 249 g/mol. The number of aromatic hydroxyl groups is 1. The number of benzene rings is 1. The van der Waals surface area contributed by atoms with E-state index in [9.17, 15) is 9.90 Å². The summed E-state index contributed by atoms with van der Waals surface area (Å²) >= 11 is 0. The summed E-state index contributed by atoms with van der Waals surface area (Å²) in [6.45, 7) is 6.69. The molecule has 1 aromatic rings. The maximum absolute atomic E-state index is 12.3. The van der Waals surface area contributed by atoms with E-state index in [1.807, 2.05) is 6.92 Å². The SMILES string of the molecule is CCC1Oc2ccc(O)cc2N(CC(C)C)C1=O. The topological polar surface area (TPSA) is 49.8 Å². The zero-order valence-corrected chi connectivity index (χ0v) is 11.0. The van der Waals surface area contributed by atoms with Crippen molar-refractivity contribution < 1.29 is 14.6 Å². The van der Waals surface area contributed by atoms with Crippen molar-refractivity contribution in [1.29, 1.82) is 0 Å². The first kappa shape index (κ1) is 12.7. The van der Waals surface area contributed by atoms with Gasteiger partial charge in [-0.05, 0) is 24.5 Å². The molecule has 1 heterocycles. The quantitative estimate of drug-likeness (QED) is 0.895. The van der Waals surface area contributed by atoms with Crippen molar-refractivity contribution in [3.8, 4) is 11.5 Å². The lowest BCUT2D eigenvalue weighted by molar-refractivity contribution is -0.126. The predicted octanol–water partition coefficient (Wildman–Crippen LogP) is 2.55. The van der Waals surface area contributed by atoms with Crippen LogP contribution in [0.15, 0.2) is 18.2 Å². The molecule has 0 radical (unpaired) electrons. The summed E-state index contributed by atoms with van der Waals surface area (Å²) in [6.07, 6.45) is 0.231. The third-order valence-electron chi connectivity index (χ3n) is 2.96. The number of ether oxygens (including phenoxy) is 1. The van der Waals surface area contributed by atoms with Crippen LogP contribution < -0.4 is 9.64 Å². The molecule has 1 unspecified atom stereocenters. The van der Waals surface area contributed by atoms with Crippen molar-refractivity contribution in [1.82, 2.24) is 0 Å². The van der Waals surface area contributed by atoms with Gasteiger partial charge in [0, 0.05) is 12.6 Å². The van der Waals surface area contributed by atoms with Gasteiger partial charge in [0.05, 0.1) is 5.69 Å². The standard InChI is InChI=1S/C14H19NO3/c1-4-12-14(17)15(8-9(2)3)11-7-10(16)5-6-13(11)18-12/h5-7,9,12,16H,4,8H2,1-3H3. The Balaban J connectivity index is 2.42. The number of amides is 1. The zero-order valence-electron chi connectivity index (χ0n) is 11.0. The van der Waals surface area contributed by atoms with Crippen LogP contribution in [0.4, 0.5) is 5.69 Å². The monoisotopic (exact) mass is 249 g/mol. The molecule has 1 amide bonds. The van der Waals surface area contributed by atoms with Crippen LogP contribution in [0, 0.1) is 5.92 Å². The van der Waals surface area contributed by atoms with E-state index in [0.29, 0.717) is 30.3 Å². The number of carbonyl (C=O) groups is 1. The van der Waals surface area contributed by atoms with E-state index in [-0.39, 0.29) is 11.7 Å². The predicted molar refractivity (Wildman–Crippen MR) is 70.0 cm³/mol. The third-order valence-corrected chi connectivity index (χ3v) is 2.96. The number of anilines is 1. The minimum Gasteiger partial charge on any atom is -0.508 e. The minimum absolute atomic E-state index is 0.0238.